The molecule has 0 bridgehead atoms. The number of carbonyl (C=O) groups excluding carboxylic acids is 1. The molecule has 2 heteroatoms. The molecule has 0 heterocycles. The van der Waals surface area contributed by atoms with Crippen molar-refractivity contribution in [2.45, 2.75) is 39.5 Å². The Hall–Kier alpha value is -1.83. The molecule has 0 aromatic heterocycles. The average molecular weight is 284 g/mol. The van der Waals surface area contributed by atoms with Crippen LogP contribution >= 0.6 is 0 Å². The van der Waals surface area contributed by atoms with Crippen LogP contribution in [0.2, 0.25) is 0 Å². The van der Waals surface area contributed by atoms with E-state index in [2.05, 4.69) is 13.8 Å². The lowest BCUT2D eigenvalue weighted by molar-refractivity contribution is 0.0906. The van der Waals surface area contributed by atoms with Crippen molar-refractivity contribution in [1.82, 2.24) is 0 Å². The highest BCUT2D eigenvalue weighted by Crippen LogP contribution is 2.31. The van der Waals surface area contributed by atoms with Crippen LogP contribution in [0.1, 0.15) is 49.9 Å². The summed E-state index contributed by atoms with van der Waals surface area (Å²) >= 11 is 0. The molecule has 2 aromatic rings. The van der Waals surface area contributed by atoms with E-state index in [4.69, 9.17) is 4.74 Å². The van der Waals surface area contributed by atoms with Gasteiger partial charge in [0, 0.05) is 16.9 Å². The zero-order valence-corrected chi connectivity index (χ0v) is 13.2. The quantitative estimate of drug-likeness (QED) is 0.649. The van der Waals surface area contributed by atoms with Crippen LogP contribution in [0, 0.1) is 5.92 Å². The van der Waals surface area contributed by atoms with Gasteiger partial charge in [0.1, 0.15) is 5.75 Å². The van der Waals surface area contributed by atoms with Crippen LogP contribution < -0.4 is 4.74 Å². The second-order valence-corrected chi connectivity index (χ2v) is 5.50. The Balaban J connectivity index is 2.48. The van der Waals surface area contributed by atoms with E-state index in [0.717, 1.165) is 47.8 Å². The minimum absolute atomic E-state index is 0.136. The maximum Gasteiger partial charge on any atom is 0.166 e. The van der Waals surface area contributed by atoms with Gasteiger partial charge in [-0.25, -0.2) is 0 Å². The molecule has 2 rings (SSSR count). The van der Waals surface area contributed by atoms with Crippen LogP contribution in [0.5, 0.6) is 5.75 Å². The SMILES string of the molecule is CCCC(CCC)C(=O)c1ccc(OC)c2ccccc12. The molecular formula is C19H24O2. The third kappa shape index (κ3) is 3.26. The zero-order valence-electron chi connectivity index (χ0n) is 13.2. The van der Waals surface area contributed by atoms with Gasteiger partial charge < -0.3 is 4.74 Å². The number of hydrogen-bond acceptors (Lipinski definition) is 2. The second-order valence-electron chi connectivity index (χ2n) is 5.50. The van der Waals surface area contributed by atoms with Crippen LogP contribution in [-0.4, -0.2) is 12.9 Å². The van der Waals surface area contributed by atoms with Gasteiger partial charge in [0.05, 0.1) is 7.11 Å². The highest BCUT2D eigenvalue weighted by molar-refractivity contribution is 6.10. The summed E-state index contributed by atoms with van der Waals surface area (Å²) in [5, 5.41) is 2.01. The minimum Gasteiger partial charge on any atom is -0.496 e. The van der Waals surface area contributed by atoms with Crippen LogP contribution in [-0.2, 0) is 0 Å². The van der Waals surface area contributed by atoms with E-state index in [-0.39, 0.29) is 11.7 Å². The van der Waals surface area contributed by atoms with Crippen molar-refractivity contribution in [1.29, 1.82) is 0 Å². The van der Waals surface area contributed by atoms with Crippen LogP contribution in [0.15, 0.2) is 36.4 Å². The molecule has 0 aliphatic carbocycles. The molecule has 0 N–H and O–H groups in total. The number of hydrogen-bond donors (Lipinski definition) is 0. The minimum atomic E-state index is 0.136. The summed E-state index contributed by atoms with van der Waals surface area (Å²) in [6.07, 6.45) is 4.02. The topological polar surface area (TPSA) is 26.3 Å². The summed E-state index contributed by atoms with van der Waals surface area (Å²) in [5.74, 6) is 1.24. The first-order valence-corrected chi connectivity index (χ1v) is 7.82. The van der Waals surface area contributed by atoms with Gasteiger partial charge in [-0.15, -0.1) is 0 Å². The monoisotopic (exact) mass is 284 g/mol. The molecule has 0 saturated heterocycles. The van der Waals surface area contributed by atoms with Gasteiger partial charge in [-0.3, -0.25) is 4.79 Å². The van der Waals surface area contributed by atoms with Crippen LogP contribution in [0.3, 0.4) is 0 Å². The first-order chi connectivity index (χ1) is 10.2. The van der Waals surface area contributed by atoms with E-state index in [1.165, 1.54) is 0 Å². The molecule has 2 nitrogen and oxygen atoms in total. The van der Waals surface area contributed by atoms with E-state index >= 15 is 0 Å². The number of benzene rings is 2. The number of fused-ring (bicyclic) bond motifs is 1. The first kappa shape index (κ1) is 15.6. The van der Waals surface area contributed by atoms with E-state index < -0.39 is 0 Å². The molecular weight excluding hydrogens is 260 g/mol. The van der Waals surface area contributed by atoms with Crippen LogP contribution in [0.25, 0.3) is 10.8 Å². The number of rotatable bonds is 7. The lowest BCUT2D eigenvalue weighted by atomic mass is 9.87. The predicted octanol–water partition coefficient (Wildman–Crippen LogP) is 5.25. The molecule has 0 aliphatic heterocycles. The van der Waals surface area contributed by atoms with Crippen molar-refractivity contribution in [3.05, 3.63) is 42.0 Å². The van der Waals surface area contributed by atoms with Crippen molar-refractivity contribution in [2.75, 3.05) is 7.11 Å². The number of methoxy groups -OCH3 is 1. The fourth-order valence-electron chi connectivity index (χ4n) is 2.99. The summed E-state index contributed by atoms with van der Waals surface area (Å²) in [7, 11) is 1.67. The third-order valence-electron chi connectivity index (χ3n) is 4.01. The second kappa shape index (κ2) is 7.26. The number of ketones is 1. The fourth-order valence-corrected chi connectivity index (χ4v) is 2.99. The lowest BCUT2D eigenvalue weighted by Crippen LogP contribution is -2.15. The molecule has 0 radical (unpaired) electrons. The summed E-state index contributed by atoms with van der Waals surface area (Å²) in [6, 6.07) is 11.8. The summed E-state index contributed by atoms with van der Waals surface area (Å²) in [5.41, 5.74) is 0.832. The van der Waals surface area contributed by atoms with Gasteiger partial charge in [0.25, 0.3) is 0 Å². The van der Waals surface area contributed by atoms with E-state index in [1.807, 2.05) is 36.4 Å². The number of carbonyl (C=O) groups is 1. The van der Waals surface area contributed by atoms with Crippen molar-refractivity contribution < 1.29 is 9.53 Å². The Morgan fingerprint density at radius 1 is 1.00 bits per heavy atom. The molecule has 0 unspecified atom stereocenters. The molecule has 2 aromatic carbocycles. The average Bonchev–Trinajstić information content (AvgIpc) is 2.53. The fraction of sp³-hybridized carbons (Fsp3) is 0.421. The third-order valence-corrected chi connectivity index (χ3v) is 4.01. The Labute approximate surface area is 127 Å². The molecule has 21 heavy (non-hydrogen) atoms. The Bertz CT molecular complexity index is 610. The summed E-state index contributed by atoms with van der Waals surface area (Å²) < 4.78 is 5.41. The van der Waals surface area contributed by atoms with Crippen molar-refractivity contribution in [3.8, 4) is 5.75 Å². The van der Waals surface area contributed by atoms with E-state index in [1.54, 1.807) is 7.11 Å². The Kier molecular flexibility index (Phi) is 5.38. The van der Waals surface area contributed by atoms with E-state index in [0.29, 0.717) is 0 Å². The Morgan fingerprint density at radius 2 is 1.62 bits per heavy atom. The number of Topliss-reactive ketones (excluding diaryl/α,β-unsaturated/α-hetero) is 1. The molecule has 0 aliphatic rings. The molecule has 112 valence electrons. The molecule has 0 spiro atoms. The van der Waals surface area contributed by atoms with E-state index in [9.17, 15) is 4.79 Å². The first-order valence-electron chi connectivity index (χ1n) is 7.82. The van der Waals surface area contributed by atoms with Gasteiger partial charge in [0.2, 0.25) is 0 Å². The highest BCUT2D eigenvalue weighted by atomic mass is 16.5. The molecule has 0 amide bonds. The molecule has 0 atom stereocenters. The maximum absolute atomic E-state index is 12.9. The van der Waals surface area contributed by atoms with Gasteiger partial charge >= 0.3 is 0 Å². The molecule has 0 fully saturated rings. The Morgan fingerprint density at radius 3 is 2.19 bits per heavy atom. The zero-order chi connectivity index (χ0) is 15.2. The van der Waals surface area contributed by atoms with Crippen molar-refractivity contribution >= 4 is 16.6 Å². The van der Waals surface area contributed by atoms with Gasteiger partial charge in [-0.1, -0.05) is 51.0 Å². The van der Waals surface area contributed by atoms with Gasteiger partial charge in [-0.05, 0) is 30.4 Å². The maximum atomic E-state index is 12.9. The standard InChI is InChI=1S/C19H24O2/c1-4-8-14(9-5-2)19(20)17-12-13-18(21-3)16-11-7-6-10-15(16)17/h6-7,10-14H,4-5,8-9H2,1-3H3. The summed E-state index contributed by atoms with van der Waals surface area (Å²) in [4.78, 5) is 12.9. The lowest BCUT2D eigenvalue weighted by Gasteiger charge is -2.16. The number of ether oxygens (including phenoxy) is 1. The van der Waals surface area contributed by atoms with Gasteiger partial charge in [-0.2, -0.15) is 0 Å². The predicted molar refractivity (Wildman–Crippen MR) is 88.1 cm³/mol. The summed E-state index contributed by atoms with van der Waals surface area (Å²) in [6.45, 7) is 4.28. The molecule has 0 saturated carbocycles. The van der Waals surface area contributed by atoms with Crippen LogP contribution in [0.4, 0.5) is 0 Å². The van der Waals surface area contributed by atoms with Crippen molar-refractivity contribution in [3.63, 3.8) is 0 Å². The van der Waals surface area contributed by atoms with Gasteiger partial charge in [0.15, 0.2) is 5.78 Å². The van der Waals surface area contributed by atoms with Crippen molar-refractivity contribution in [2.24, 2.45) is 5.92 Å². The largest absolute Gasteiger partial charge is 0.496 e. The smallest absolute Gasteiger partial charge is 0.166 e. The highest BCUT2D eigenvalue weighted by Gasteiger charge is 2.21. The normalized spacial score (nSPS) is 11.0.